The van der Waals surface area contributed by atoms with Crippen LogP contribution in [0.25, 0.3) is 0 Å². The Hall–Kier alpha value is -2.10. The Bertz CT molecular complexity index is 461. The van der Waals surface area contributed by atoms with Crippen molar-refractivity contribution in [2.75, 3.05) is 17.7 Å². The van der Waals surface area contributed by atoms with Crippen LogP contribution in [-0.2, 0) is 0 Å². The van der Waals surface area contributed by atoms with Crippen molar-refractivity contribution in [3.8, 4) is 0 Å². The van der Waals surface area contributed by atoms with E-state index in [1.165, 1.54) is 0 Å². The molecule has 0 aliphatic carbocycles. The molecule has 0 atom stereocenters. The average molecular weight is 214 g/mol. The Labute approximate surface area is 94.8 Å². The van der Waals surface area contributed by atoms with Gasteiger partial charge in [-0.05, 0) is 19.1 Å². The van der Waals surface area contributed by atoms with Gasteiger partial charge in [0.15, 0.2) is 0 Å². The summed E-state index contributed by atoms with van der Waals surface area (Å²) in [4.78, 5) is 10.2. The number of benzene rings is 1. The zero-order valence-electron chi connectivity index (χ0n) is 9.38. The molecular formula is C12H14N4. The normalized spacial score (nSPS) is 10.1. The summed E-state index contributed by atoms with van der Waals surface area (Å²) in [6.45, 7) is 1.90. The van der Waals surface area contributed by atoms with Crippen LogP contribution in [0.4, 0.5) is 17.5 Å². The van der Waals surface area contributed by atoms with Gasteiger partial charge < -0.3 is 10.6 Å². The monoisotopic (exact) mass is 214 g/mol. The summed E-state index contributed by atoms with van der Waals surface area (Å²) in [5.74, 6) is 1.11. The summed E-state index contributed by atoms with van der Waals surface area (Å²) in [5, 5.41) is 0. The van der Waals surface area contributed by atoms with Gasteiger partial charge >= 0.3 is 0 Å². The Morgan fingerprint density at radius 2 is 1.81 bits per heavy atom. The number of nitrogen functional groups attached to an aromatic ring is 1. The first kappa shape index (κ1) is 10.4. The summed E-state index contributed by atoms with van der Waals surface area (Å²) in [7, 11) is 1.95. The largest absolute Gasteiger partial charge is 0.368 e. The van der Waals surface area contributed by atoms with Crippen molar-refractivity contribution in [1.29, 1.82) is 0 Å². The van der Waals surface area contributed by atoms with Crippen molar-refractivity contribution in [1.82, 2.24) is 9.97 Å². The van der Waals surface area contributed by atoms with E-state index >= 15 is 0 Å². The van der Waals surface area contributed by atoms with Crippen LogP contribution in [0.2, 0.25) is 0 Å². The zero-order chi connectivity index (χ0) is 11.5. The van der Waals surface area contributed by atoms with Gasteiger partial charge in [0.25, 0.3) is 0 Å². The molecule has 16 heavy (non-hydrogen) atoms. The number of rotatable bonds is 2. The Balaban J connectivity index is 2.37. The lowest BCUT2D eigenvalue weighted by atomic mass is 10.3. The third-order valence-corrected chi connectivity index (χ3v) is 2.35. The van der Waals surface area contributed by atoms with Crippen LogP contribution in [0, 0.1) is 6.92 Å². The SMILES string of the molecule is Cc1cc(N(C)c2ccccc2)nc(N)n1. The topological polar surface area (TPSA) is 55.0 Å². The highest BCUT2D eigenvalue weighted by atomic mass is 15.2. The second kappa shape index (κ2) is 4.18. The fourth-order valence-corrected chi connectivity index (χ4v) is 1.53. The number of para-hydroxylation sites is 1. The lowest BCUT2D eigenvalue weighted by molar-refractivity contribution is 1.06. The number of hydrogen-bond donors (Lipinski definition) is 1. The van der Waals surface area contributed by atoms with E-state index in [0.29, 0.717) is 5.95 Å². The Morgan fingerprint density at radius 1 is 1.12 bits per heavy atom. The minimum atomic E-state index is 0.304. The molecule has 4 nitrogen and oxygen atoms in total. The number of aryl methyl sites for hydroxylation is 1. The van der Waals surface area contributed by atoms with Crippen LogP contribution in [0.5, 0.6) is 0 Å². The standard InChI is InChI=1S/C12H14N4/c1-9-8-11(15-12(13)14-9)16(2)10-6-4-3-5-7-10/h3-8H,1-2H3,(H2,13,14,15). The van der Waals surface area contributed by atoms with Gasteiger partial charge in [0.2, 0.25) is 5.95 Å². The summed E-state index contributed by atoms with van der Waals surface area (Å²) in [5.41, 5.74) is 7.56. The molecule has 82 valence electrons. The zero-order valence-corrected chi connectivity index (χ0v) is 9.38. The molecule has 4 heteroatoms. The summed E-state index contributed by atoms with van der Waals surface area (Å²) < 4.78 is 0. The van der Waals surface area contributed by atoms with Gasteiger partial charge in [-0.15, -0.1) is 0 Å². The third kappa shape index (κ3) is 2.11. The first-order chi connectivity index (χ1) is 7.66. The van der Waals surface area contributed by atoms with E-state index in [1.54, 1.807) is 0 Å². The van der Waals surface area contributed by atoms with Gasteiger partial charge in [-0.25, -0.2) is 4.98 Å². The molecule has 0 bridgehead atoms. The van der Waals surface area contributed by atoms with Gasteiger partial charge in [0.1, 0.15) is 5.82 Å². The van der Waals surface area contributed by atoms with Crippen molar-refractivity contribution in [2.45, 2.75) is 6.92 Å². The number of anilines is 3. The van der Waals surface area contributed by atoms with Crippen LogP contribution in [0.15, 0.2) is 36.4 Å². The highest BCUT2D eigenvalue weighted by Gasteiger charge is 2.06. The van der Waals surface area contributed by atoms with Crippen LogP contribution < -0.4 is 10.6 Å². The van der Waals surface area contributed by atoms with E-state index < -0.39 is 0 Å². The van der Waals surface area contributed by atoms with E-state index in [2.05, 4.69) is 9.97 Å². The van der Waals surface area contributed by atoms with E-state index in [-0.39, 0.29) is 0 Å². The van der Waals surface area contributed by atoms with Crippen molar-refractivity contribution < 1.29 is 0 Å². The molecule has 1 aromatic heterocycles. The lowest BCUT2D eigenvalue weighted by Crippen LogP contribution is -2.12. The molecule has 0 saturated heterocycles. The maximum Gasteiger partial charge on any atom is 0.222 e. The van der Waals surface area contributed by atoms with Crippen molar-refractivity contribution >= 4 is 17.5 Å². The third-order valence-electron chi connectivity index (χ3n) is 2.35. The molecule has 0 fully saturated rings. The van der Waals surface area contributed by atoms with Crippen LogP contribution >= 0.6 is 0 Å². The van der Waals surface area contributed by atoms with Crippen molar-refractivity contribution in [2.24, 2.45) is 0 Å². The van der Waals surface area contributed by atoms with Crippen LogP contribution in [0.1, 0.15) is 5.69 Å². The second-order valence-corrected chi connectivity index (χ2v) is 3.62. The minimum Gasteiger partial charge on any atom is -0.368 e. The van der Waals surface area contributed by atoms with Crippen LogP contribution in [0.3, 0.4) is 0 Å². The summed E-state index contributed by atoms with van der Waals surface area (Å²) in [6, 6.07) is 11.9. The van der Waals surface area contributed by atoms with Gasteiger partial charge in [-0.1, -0.05) is 18.2 Å². The van der Waals surface area contributed by atoms with Gasteiger partial charge in [-0.3, -0.25) is 0 Å². The highest BCUT2D eigenvalue weighted by Crippen LogP contribution is 2.21. The van der Waals surface area contributed by atoms with Gasteiger partial charge in [0.05, 0.1) is 0 Å². The predicted octanol–water partition coefficient (Wildman–Crippen LogP) is 2.14. The molecule has 0 spiro atoms. The van der Waals surface area contributed by atoms with Gasteiger partial charge in [-0.2, -0.15) is 4.98 Å². The smallest absolute Gasteiger partial charge is 0.222 e. The number of nitrogens with two attached hydrogens (primary N) is 1. The van der Waals surface area contributed by atoms with E-state index in [0.717, 1.165) is 17.2 Å². The average Bonchev–Trinajstić information content (AvgIpc) is 2.28. The molecule has 0 saturated carbocycles. The molecule has 0 aliphatic rings. The quantitative estimate of drug-likeness (QED) is 0.832. The highest BCUT2D eigenvalue weighted by molar-refractivity contribution is 5.59. The number of hydrogen-bond acceptors (Lipinski definition) is 4. The summed E-state index contributed by atoms with van der Waals surface area (Å²) >= 11 is 0. The summed E-state index contributed by atoms with van der Waals surface area (Å²) in [6.07, 6.45) is 0. The molecule has 2 aromatic rings. The Morgan fingerprint density at radius 3 is 2.44 bits per heavy atom. The fourth-order valence-electron chi connectivity index (χ4n) is 1.53. The first-order valence-electron chi connectivity index (χ1n) is 5.07. The van der Waals surface area contributed by atoms with Crippen molar-refractivity contribution in [3.63, 3.8) is 0 Å². The molecular weight excluding hydrogens is 200 g/mol. The maximum atomic E-state index is 5.63. The van der Waals surface area contributed by atoms with Crippen LogP contribution in [-0.4, -0.2) is 17.0 Å². The molecule has 2 rings (SSSR count). The predicted molar refractivity (Wildman–Crippen MR) is 65.7 cm³/mol. The molecule has 1 aromatic carbocycles. The van der Waals surface area contributed by atoms with E-state index in [9.17, 15) is 0 Å². The van der Waals surface area contributed by atoms with Crippen molar-refractivity contribution in [3.05, 3.63) is 42.1 Å². The molecule has 0 unspecified atom stereocenters. The molecule has 1 heterocycles. The fraction of sp³-hybridized carbons (Fsp3) is 0.167. The van der Waals surface area contributed by atoms with Gasteiger partial charge in [0, 0.05) is 24.5 Å². The molecule has 0 radical (unpaired) electrons. The lowest BCUT2D eigenvalue weighted by Gasteiger charge is -2.18. The molecule has 0 aliphatic heterocycles. The van der Waals surface area contributed by atoms with E-state index in [1.807, 2.05) is 55.3 Å². The van der Waals surface area contributed by atoms with E-state index in [4.69, 9.17) is 5.73 Å². The molecule has 0 amide bonds. The molecule has 2 N–H and O–H groups in total. The number of nitrogens with zero attached hydrogens (tertiary/aromatic N) is 3. The maximum absolute atomic E-state index is 5.63. The second-order valence-electron chi connectivity index (χ2n) is 3.62. The minimum absolute atomic E-state index is 0.304. The first-order valence-corrected chi connectivity index (χ1v) is 5.07. The Kier molecular flexibility index (Phi) is 2.72. The number of aromatic nitrogens is 2.